The van der Waals surface area contributed by atoms with E-state index in [2.05, 4.69) is 31.9 Å². The van der Waals surface area contributed by atoms with Crippen LogP contribution < -0.4 is 31.9 Å². The lowest BCUT2D eigenvalue weighted by Crippen LogP contribution is -2.68. The number of rotatable bonds is 19. The summed E-state index contributed by atoms with van der Waals surface area (Å²) in [5.41, 5.74) is 0. The fourth-order valence-corrected chi connectivity index (χ4v) is 5.59. The Bertz CT molecular complexity index is 1170. The maximum Gasteiger partial charge on any atom is 0.305 e. The summed E-state index contributed by atoms with van der Waals surface area (Å²) in [6, 6.07) is -6.19. The number of aliphatic hydroxyl groups excluding tert-OH is 6. The highest BCUT2D eigenvalue weighted by molar-refractivity contribution is 5.92. The molecule has 0 bridgehead atoms. The van der Waals surface area contributed by atoms with E-state index in [-0.39, 0.29) is 25.5 Å². The van der Waals surface area contributed by atoms with Crippen molar-refractivity contribution in [2.45, 2.75) is 106 Å². The summed E-state index contributed by atoms with van der Waals surface area (Å²) in [5.74, 6) is -3.20. The molecule has 3 aliphatic heterocycles. The highest BCUT2D eigenvalue weighted by Crippen LogP contribution is 2.28. The molecule has 0 aromatic carbocycles. The van der Waals surface area contributed by atoms with Crippen molar-refractivity contribution in [1.29, 1.82) is 10.8 Å². The molecule has 0 aromatic heterocycles. The maximum absolute atomic E-state index is 13.3. The van der Waals surface area contributed by atoms with Gasteiger partial charge in [0.15, 0.2) is 18.1 Å². The molecule has 277 valence electrons. The first-order valence-electron chi connectivity index (χ1n) is 16.1. The SMILES string of the molecule is CCCCCCC(=O)OCC1OC(N2C(=N)NCC2C(O)C(NC(=O)C(CO)NC2CNC(=N)N2)C(=O)NC([C]=O)CO)C(O)C(O)C1O. The van der Waals surface area contributed by atoms with Gasteiger partial charge in [-0.05, 0) is 6.42 Å². The monoisotopic (exact) mass is 702 g/mol. The van der Waals surface area contributed by atoms with Crippen molar-refractivity contribution in [3.63, 3.8) is 0 Å². The number of hydrogen-bond donors (Lipinski definition) is 14. The van der Waals surface area contributed by atoms with Gasteiger partial charge in [0, 0.05) is 13.0 Å². The second-order valence-electron chi connectivity index (χ2n) is 11.9. The number of carbonyl (C=O) groups is 3. The van der Waals surface area contributed by atoms with E-state index in [0.717, 1.165) is 24.2 Å². The maximum atomic E-state index is 13.3. The molecule has 49 heavy (non-hydrogen) atoms. The molecule has 0 saturated carbocycles. The molecule has 0 aliphatic carbocycles. The average molecular weight is 703 g/mol. The van der Waals surface area contributed by atoms with Crippen LogP contribution in [-0.2, 0) is 28.7 Å². The molecule has 3 saturated heterocycles. The van der Waals surface area contributed by atoms with Gasteiger partial charge in [-0.15, -0.1) is 0 Å². The summed E-state index contributed by atoms with van der Waals surface area (Å²) >= 11 is 0. The van der Waals surface area contributed by atoms with E-state index < -0.39 is 111 Å². The predicted molar refractivity (Wildman–Crippen MR) is 167 cm³/mol. The summed E-state index contributed by atoms with van der Waals surface area (Å²) < 4.78 is 11.1. The third kappa shape index (κ3) is 10.4. The van der Waals surface area contributed by atoms with Crippen molar-refractivity contribution in [3.05, 3.63) is 0 Å². The zero-order chi connectivity index (χ0) is 36.2. The van der Waals surface area contributed by atoms with Crippen LogP contribution in [-0.4, -0.2) is 172 Å². The van der Waals surface area contributed by atoms with E-state index in [1.807, 2.05) is 6.92 Å². The molecule has 2 amide bonds. The number of unbranched alkanes of at least 4 members (excludes halogenated alkanes) is 3. The van der Waals surface area contributed by atoms with Crippen LogP contribution in [0.3, 0.4) is 0 Å². The normalized spacial score (nSPS) is 29.1. The Balaban J connectivity index is 1.81. The van der Waals surface area contributed by atoms with Gasteiger partial charge in [-0.25, -0.2) is 0 Å². The number of nitrogens with zero attached hydrogens (tertiary/aromatic N) is 1. The van der Waals surface area contributed by atoms with Gasteiger partial charge in [-0.2, -0.15) is 0 Å². The molecule has 3 fully saturated rings. The van der Waals surface area contributed by atoms with Gasteiger partial charge in [0.25, 0.3) is 0 Å². The number of nitrogens with one attached hydrogen (secondary N) is 8. The molecule has 21 nitrogen and oxygen atoms in total. The standard InChI is InChI=1S/C28H48N9O12/c1-2-3-4-5-6-18(41)48-12-16-21(43)22(44)23(45)26(49-16)37-15(7-32-28(37)30)20(42)19(25(47)33-13(9-38)10-39)36-24(46)14(11-40)34-17-8-31-27(29)35-17/h13-17,19-23,26,34,38,40,42-45H,2-9,11-12H2,1H3,(H2,30,32)(H,33,47)(H,36,46)(H3,29,31,35). The van der Waals surface area contributed by atoms with Crippen molar-refractivity contribution in [1.82, 2.24) is 36.8 Å². The lowest BCUT2D eigenvalue weighted by molar-refractivity contribution is -0.261. The van der Waals surface area contributed by atoms with Crippen LogP contribution in [0.5, 0.6) is 0 Å². The number of esters is 1. The molecule has 0 aromatic rings. The molecular formula is C28H48N9O12. The number of ether oxygens (including phenoxy) is 2. The summed E-state index contributed by atoms with van der Waals surface area (Å²) in [6.07, 6.45) is -6.26. The lowest BCUT2D eigenvalue weighted by Gasteiger charge is -2.46. The Labute approximate surface area is 282 Å². The summed E-state index contributed by atoms with van der Waals surface area (Å²) in [5, 5.41) is 94.3. The van der Waals surface area contributed by atoms with E-state index in [4.69, 9.17) is 20.3 Å². The fourth-order valence-electron chi connectivity index (χ4n) is 5.59. The second kappa shape index (κ2) is 18.9. The molecule has 11 unspecified atom stereocenters. The largest absolute Gasteiger partial charge is 0.463 e. The van der Waals surface area contributed by atoms with Crippen molar-refractivity contribution < 1.29 is 59.3 Å². The first-order chi connectivity index (χ1) is 23.4. The minimum atomic E-state index is -1.96. The molecular weight excluding hydrogens is 654 g/mol. The Morgan fingerprint density at radius 2 is 1.76 bits per heavy atom. The van der Waals surface area contributed by atoms with Crippen LogP contribution in [0, 0.1) is 10.8 Å². The van der Waals surface area contributed by atoms with Crippen molar-refractivity contribution in [2.75, 3.05) is 32.9 Å². The summed E-state index contributed by atoms with van der Waals surface area (Å²) in [4.78, 5) is 51.1. The molecule has 1 radical (unpaired) electrons. The van der Waals surface area contributed by atoms with Crippen LogP contribution in [0.1, 0.15) is 39.0 Å². The highest BCUT2D eigenvalue weighted by atomic mass is 16.6. The Kier molecular flexibility index (Phi) is 15.3. The van der Waals surface area contributed by atoms with Gasteiger partial charge in [-0.3, -0.25) is 35.3 Å². The van der Waals surface area contributed by atoms with E-state index in [1.165, 1.54) is 6.29 Å². The number of amides is 2. The van der Waals surface area contributed by atoms with Crippen molar-refractivity contribution in [2.24, 2.45) is 0 Å². The van der Waals surface area contributed by atoms with E-state index in [1.54, 1.807) is 0 Å². The smallest absolute Gasteiger partial charge is 0.305 e. The van der Waals surface area contributed by atoms with Crippen molar-refractivity contribution in [3.8, 4) is 0 Å². The Morgan fingerprint density at radius 1 is 1.02 bits per heavy atom. The molecule has 11 atom stereocenters. The van der Waals surface area contributed by atoms with Gasteiger partial charge >= 0.3 is 5.97 Å². The second-order valence-corrected chi connectivity index (χ2v) is 11.9. The minimum Gasteiger partial charge on any atom is -0.463 e. The zero-order valence-corrected chi connectivity index (χ0v) is 27.0. The van der Waals surface area contributed by atoms with Gasteiger partial charge in [0.1, 0.15) is 55.3 Å². The minimum absolute atomic E-state index is 0.0359. The summed E-state index contributed by atoms with van der Waals surface area (Å²) in [6.45, 7) is -0.233. The average Bonchev–Trinajstić information content (AvgIpc) is 3.69. The van der Waals surface area contributed by atoms with Gasteiger partial charge in [-0.1, -0.05) is 26.2 Å². The highest BCUT2D eigenvalue weighted by Gasteiger charge is 2.52. The fraction of sp³-hybridized carbons (Fsp3) is 0.786. The first-order valence-corrected chi connectivity index (χ1v) is 16.1. The third-order valence-electron chi connectivity index (χ3n) is 8.36. The number of aliphatic hydroxyl groups is 6. The number of carbonyl (C=O) groups excluding carboxylic acids is 4. The molecule has 14 N–H and O–H groups in total. The number of hydrogen-bond acceptors (Lipinski definition) is 15. The third-order valence-corrected chi connectivity index (χ3v) is 8.36. The number of guanidine groups is 2. The van der Waals surface area contributed by atoms with Gasteiger partial charge in [0.05, 0.1) is 32.0 Å². The van der Waals surface area contributed by atoms with E-state index in [9.17, 15) is 49.8 Å². The predicted octanol–water partition coefficient (Wildman–Crippen LogP) is -6.65. The van der Waals surface area contributed by atoms with Crippen LogP contribution in [0.25, 0.3) is 0 Å². The molecule has 0 spiro atoms. The molecule has 3 heterocycles. The Hall–Kier alpha value is -3.70. The quantitative estimate of drug-likeness (QED) is 0.0439. The van der Waals surface area contributed by atoms with E-state index in [0.29, 0.717) is 6.42 Å². The zero-order valence-electron chi connectivity index (χ0n) is 27.0. The van der Waals surface area contributed by atoms with E-state index >= 15 is 0 Å². The van der Waals surface area contributed by atoms with Crippen LogP contribution >= 0.6 is 0 Å². The van der Waals surface area contributed by atoms with Crippen LogP contribution in [0.15, 0.2) is 0 Å². The van der Waals surface area contributed by atoms with Crippen LogP contribution in [0.4, 0.5) is 0 Å². The molecule has 21 heteroatoms. The van der Waals surface area contributed by atoms with Crippen LogP contribution in [0.2, 0.25) is 0 Å². The molecule has 3 aliphatic rings. The Morgan fingerprint density at radius 3 is 2.37 bits per heavy atom. The first kappa shape index (κ1) is 39.7. The van der Waals surface area contributed by atoms with Gasteiger partial charge < -0.3 is 71.6 Å². The topological polar surface area (TPSA) is 331 Å². The molecule has 3 rings (SSSR count). The van der Waals surface area contributed by atoms with Gasteiger partial charge in [0.2, 0.25) is 18.1 Å². The summed E-state index contributed by atoms with van der Waals surface area (Å²) in [7, 11) is 0. The lowest BCUT2D eigenvalue weighted by atomic mass is 9.95. The van der Waals surface area contributed by atoms with Crippen molar-refractivity contribution >= 4 is 36.0 Å².